The van der Waals surface area contributed by atoms with E-state index in [1.807, 2.05) is 0 Å². The minimum Gasteiger partial charge on any atom is -0.744 e. The Kier molecular flexibility index (Phi) is 13.5. The number of hydrogen-bond acceptors (Lipinski definition) is 11. The van der Waals surface area contributed by atoms with Crippen LogP contribution in [0.15, 0.2) is 88.7 Å². The molecular weight excluding hydrogens is 680 g/mol. The van der Waals surface area contributed by atoms with Gasteiger partial charge in [0, 0.05) is 30.1 Å². The van der Waals surface area contributed by atoms with E-state index in [2.05, 4.69) is 16.2 Å². The molecule has 0 fully saturated rings. The van der Waals surface area contributed by atoms with Crippen LogP contribution in [0.2, 0.25) is 0 Å². The van der Waals surface area contributed by atoms with Crippen molar-refractivity contribution >= 4 is 64.8 Å². The van der Waals surface area contributed by atoms with Gasteiger partial charge >= 0.3 is 59.1 Å². The van der Waals surface area contributed by atoms with Crippen LogP contribution in [0.1, 0.15) is 27.9 Å². The SMILES string of the molecule is COCCCc1ccc2c(S(=O)(=O)[O-])c(NNc3c(C)cc4cc(S(=O)(=O)[O-])cc(NC(=O)c5ccccc5)c4c3O)ccc2c1.[Na+].[Na+]. The van der Waals surface area contributed by atoms with Gasteiger partial charge in [-0.2, -0.15) is 0 Å². The summed E-state index contributed by atoms with van der Waals surface area (Å²) in [5, 5.41) is 14.9. The summed E-state index contributed by atoms with van der Waals surface area (Å²) in [5.74, 6) is -1.08. The molecule has 12 nitrogen and oxygen atoms in total. The molecular formula is C32H29N3Na2O9S2. The molecule has 4 N–H and O–H groups in total. The maximum atomic E-state index is 13.0. The topological polar surface area (TPSA) is 197 Å². The Bertz CT molecular complexity index is 2200. The fourth-order valence-corrected chi connectivity index (χ4v) is 6.62. The van der Waals surface area contributed by atoms with Crippen molar-refractivity contribution in [1.29, 1.82) is 0 Å². The fraction of sp³-hybridized carbons (Fsp3) is 0.156. The van der Waals surface area contributed by atoms with Gasteiger partial charge in [-0.3, -0.25) is 15.6 Å². The predicted molar refractivity (Wildman–Crippen MR) is 172 cm³/mol. The zero-order chi connectivity index (χ0) is 33.2. The van der Waals surface area contributed by atoms with Gasteiger partial charge in [0.2, 0.25) is 0 Å². The van der Waals surface area contributed by atoms with Crippen molar-refractivity contribution < 1.29 is 99.7 Å². The third-order valence-corrected chi connectivity index (χ3v) is 9.13. The minimum absolute atomic E-state index is 0. The second kappa shape index (κ2) is 16.3. The summed E-state index contributed by atoms with van der Waals surface area (Å²) < 4.78 is 78.3. The first kappa shape index (κ1) is 39.7. The number of benzene rings is 5. The number of carbonyl (C=O) groups is 1. The molecule has 0 saturated heterocycles. The molecule has 0 saturated carbocycles. The number of aromatic hydroxyl groups is 1. The number of anilines is 3. The zero-order valence-corrected chi connectivity index (χ0v) is 32.3. The van der Waals surface area contributed by atoms with Crippen LogP contribution in [0.4, 0.5) is 17.1 Å². The number of nitrogens with one attached hydrogen (secondary N) is 3. The van der Waals surface area contributed by atoms with Gasteiger partial charge in [-0.15, -0.1) is 0 Å². The van der Waals surface area contributed by atoms with Crippen LogP contribution in [0.5, 0.6) is 5.75 Å². The smallest absolute Gasteiger partial charge is 0.744 e. The standard InChI is InChI=1S/C32H31N3O9S2.2Na/c1-19-15-23-17-24(45(38,39)40)18-27(33-32(37)21-8-4-3-5-9-21)28(23)30(36)29(19)35-34-26-13-11-22-16-20(7-6-14-44-2)10-12-25(22)31(26)46(41,42)43;;/h3-5,8-13,15-18,34-36H,6-7,14H2,1-2H3,(H,33,37)(H,38,39,40)(H,41,42,43);;/q;2*+1/p-2. The summed E-state index contributed by atoms with van der Waals surface area (Å²) in [6.45, 7) is 2.13. The molecule has 5 rings (SSSR count). The number of aryl methyl sites for hydroxylation is 2. The molecule has 1 amide bonds. The monoisotopic (exact) mass is 709 g/mol. The van der Waals surface area contributed by atoms with E-state index in [-0.39, 0.29) is 97.9 Å². The van der Waals surface area contributed by atoms with Crippen LogP contribution in [0.25, 0.3) is 21.5 Å². The summed E-state index contributed by atoms with van der Waals surface area (Å²) in [7, 11) is -8.33. The maximum Gasteiger partial charge on any atom is 1.00 e. The molecule has 0 heterocycles. The summed E-state index contributed by atoms with van der Waals surface area (Å²) in [6, 6.07) is 19.7. The molecule has 5 aromatic rings. The predicted octanol–water partition coefficient (Wildman–Crippen LogP) is -0.906. The molecule has 0 aliphatic carbocycles. The minimum atomic E-state index is -4.99. The van der Waals surface area contributed by atoms with Crippen molar-refractivity contribution in [2.45, 2.75) is 29.6 Å². The quantitative estimate of drug-likeness (QED) is 0.0436. The fourth-order valence-electron chi connectivity index (χ4n) is 5.24. The van der Waals surface area contributed by atoms with Gasteiger partial charge in [0.25, 0.3) is 5.91 Å². The molecule has 0 aliphatic heterocycles. The zero-order valence-electron chi connectivity index (χ0n) is 26.7. The first-order valence-electron chi connectivity index (χ1n) is 13.9. The Morgan fingerprint density at radius 2 is 1.54 bits per heavy atom. The van der Waals surface area contributed by atoms with E-state index in [1.54, 1.807) is 56.5 Å². The van der Waals surface area contributed by atoms with Crippen molar-refractivity contribution in [1.82, 2.24) is 0 Å². The molecule has 16 heteroatoms. The summed E-state index contributed by atoms with van der Waals surface area (Å²) in [6.07, 6.45) is 1.46. The van der Waals surface area contributed by atoms with Crippen LogP contribution in [-0.2, 0) is 31.4 Å². The normalized spacial score (nSPS) is 11.4. The van der Waals surface area contributed by atoms with Gasteiger partial charge in [0.15, 0.2) is 5.75 Å². The van der Waals surface area contributed by atoms with E-state index in [1.165, 1.54) is 24.3 Å². The molecule has 0 radical (unpaired) electrons. The molecule has 240 valence electrons. The van der Waals surface area contributed by atoms with E-state index in [9.17, 15) is 35.8 Å². The molecule has 5 aromatic carbocycles. The van der Waals surface area contributed by atoms with Crippen molar-refractivity contribution in [2.24, 2.45) is 0 Å². The number of rotatable bonds is 11. The molecule has 48 heavy (non-hydrogen) atoms. The van der Waals surface area contributed by atoms with Crippen LogP contribution in [0.3, 0.4) is 0 Å². The molecule has 0 bridgehead atoms. The van der Waals surface area contributed by atoms with E-state index in [0.717, 1.165) is 24.1 Å². The Labute approximate surface area is 322 Å². The molecule has 0 aromatic heterocycles. The van der Waals surface area contributed by atoms with Crippen molar-refractivity contribution in [3.63, 3.8) is 0 Å². The number of ether oxygens (including phenoxy) is 1. The van der Waals surface area contributed by atoms with Gasteiger partial charge in [0.05, 0.1) is 26.9 Å². The average Bonchev–Trinajstić information content (AvgIpc) is 2.99. The molecule has 0 aliphatic rings. The van der Waals surface area contributed by atoms with Crippen molar-refractivity contribution in [3.05, 3.63) is 95.6 Å². The third kappa shape index (κ3) is 8.89. The van der Waals surface area contributed by atoms with Gasteiger partial charge in [0.1, 0.15) is 20.2 Å². The summed E-state index contributed by atoms with van der Waals surface area (Å²) in [5.41, 5.74) is 6.80. The van der Waals surface area contributed by atoms with Crippen LogP contribution >= 0.6 is 0 Å². The first-order valence-corrected chi connectivity index (χ1v) is 16.7. The Balaban J connectivity index is 0.00000312. The number of hydrogen-bond donors (Lipinski definition) is 4. The van der Waals surface area contributed by atoms with E-state index >= 15 is 0 Å². The van der Waals surface area contributed by atoms with Gasteiger partial charge in [-0.1, -0.05) is 42.5 Å². The average molecular weight is 710 g/mol. The van der Waals surface area contributed by atoms with E-state index in [0.29, 0.717) is 24.0 Å². The Hall–Kier alpha value is -2.73. The number of fused-ring (bicyclic) bond motifs is 2. The Morgan fingerprint density at radius 1 is 0.833 bits per heavy atom. The number of methoxy groups -OCH3 is 1. The largest absolute Gasteiger partial charge is 1.00 e. The van der Waals surface area contributed by atoms with Crippen LogP contribution < -0.4 is 75.3 Å². The molecule has 0 unspecified atom stereocenters. The van der Waals surface area contributed by atoms with Crippen LogP contribution in [0, 0.1) is 6.92 Å². The first-order chi connectivity index (χ1) is 21.8. The van der Waals surface area contributed by atoms with E-state index in [4.69, 9.17) is 4.74 Å². The van der Waals surface area contributed by atoms with Crippen LogP contribution in [-0.4, -0.2) is 50.7 Å². The second-order valence-corrected chi connectivity index (χ2v) is 13.3. The van der Waals surface area contributed by atoms with Gasteiger partial charge in [-0.05, 0) is 78.1 Å². The number of hydrazine groups is 1. The number of amides is 1. The summed E-state index contributed by atoms with van der Waals surface area (Å²) >= 11 is 0. The number of phenols is 1. The maximum absolute atomic E-state index is 13.0. The Morgan fingerprint density at radius 3 is 2.19 bits per heavy atom. The second-order valence-electron chi connectivity index (χ2n) is 10.6. The number of phenolic OH excluding ortho intramolecular Hbond substituents is 1. The number of carbonyl (C=O) groups excluding carboxylic acids is 1. The third-order valence-electron chi connectivity index (χ3n) is 7.38. The van der Waals surface area contributed by atoms with Gasteiger partial charge < -0.3 is 24.3 Å². The molecule has 0 atom stereocenters. The van der Waals surface area contributed by atoms with Crippen molar-refractivity contribution in [3.8, 4) is 5.75 Å². The van der Waals surface area contributed by atoms with Gasteiger partial charge in [-0.25, -0.2) is 16.8 Å². The summed E-state index contributed by atoms with van der Waals surface area (Å²) in [4.78, 5) is 11.9. The van der Waals surface area contributed by atoms with E-state index < -0.39 is 41.7 Å². The molecule has 0 spiro atoms. The van der Waals surface area contributed by atoms with Crippen molar-refractivity contribution in [2.75, 3.05) is 29.9 Å².